The fourth-order valence-corrected chi connectivity index (χ4v) is 4.16. The molecule has 1 aromatic carbocycles. The van der Waals surface area contributed by atoms with E-state index in [1.165, 1.54) is 5.56 Å². The Kier molecular flexibility index (Phi) is 9.68. The Morgan fingerprint density at radius 1 is 1.07 bits per heavy atom. The second-order valence-corrected chi connectivity index (χ2v) is 7.95. The van der Waals surface area contributed by atoms with Crippen LogP contribution in [0.3, 0.4) is 0 Å². The van der Waals surface area contributed by atoms with Crippen molar-refractivity contribution in [3.8, 4) is 0 Å². The number of benzene rings is 1. The molecular weight excluding hydrogens is 356 g/mol. The maximum atomic E-state index is 10.5. The van der Waals surface area contributed by atoms with Crippen LogP contribution in [0, 0.1) is 11.8 Å². The lowest BCUT2D eigenvalue weighted by Crippen LogP contribution is -2.23. The summed E-state index contributed by atoms with van der Waals surface area (Å²) in [5.41, 5.74) is 1.21. The first kappa shape index (κ1) is 22.6. The van der Waals surface area contributed by atoms with E-state index in [2.05, 4.69) is 12.1 Å². The molecule has 4 N–H and O–H groups in total. The zero-order valence-corrected chi connectivity index (χ0v) is 16.5. The van der Waals surface area contributed by atoms with Crippen LogP contribution in [-0.2, 0) is 11.2 Å². The summed E-state index contributed by atoms with van der Waals surface area (Å²) < 4.78 is 0. The summed E-state index contributed by atoms with van der Waals surface area (Å²) in [5, 5.41) is 39.6. The fourth-order valence-electron chi connectivity index (χ4n) is 4.16. The lowest BCUT2D eigenvalue weighted by molar-refractivity contribution is -0.137. The van der Waals surface area contributed by atoms with Gasteiger partial charge in [-0.3, -0.25) is 4.79 Å². The zero-order chi connectivity index (χ0) is 20.4. The van der Waals surface area contributed by atoms with Crippen LogP contribution in [0.4, 0.5) is 0 Å². The van der Waals surface area contributed by atoms with Gasteiger partial charge in [0.15, 0.2) is 0 Å². The van der Waals surface area contributed by atoms with E-state index in [9.17, 15) is 20.1 Å². The van der Waals surface area contributed by atoms with Crippen molar-refractivity contribution in [3.63, 3.8) is 0 Å². The molecule has 0 bridgehead atoms. The number of aliphatic hydroxyl groups is 3. The molecule has 1 aromatic rings. The van der Waals surface area contributed by atoms with Crippen LogP contribution < -0.4 is 0 Å². The van der Waals surface area contributed by atoms with E-state index in [-0.39, 0.29) is 18.3 Å². The number of allylic oxidation sites excluding steroid dienone is 2. The van der Waals surface area contributed by atoms with Crippen molar-refractivity contribution in [3.05, 3.63) is 48.0 Å². The molecular formula is C23H34O5. The summed E-state index contributed by atoms with van der Waals surface area (Å²) in [6.07, 6.45) is 7.91. The molecule has 1 saturated carbocycles. The van der Waals surface area contributed by atoms with Crippen LogP contribution in [0.2, 0.25) is 0 Å². The van der Waals surface area contributed by atoms with Crippen LogP contribution in [-0.4, -0.2) is 44.7 Å². The van der Waals surface area contributed by atoms with Crippen LogP contribution in [0.25, 0.3) is 0 Å². The number of hydrogen-bond acceptors (Lipinski definition) is 4. The number of aryl methyl sites for hydroxylation is 1. The summed E-state index contributed by atoms with van der Waals surface area (Å²) in [6, 6.07) is 10.1. The van der Waals surface area contributed by atoms with E-state index in [0.717, 1.165) is 6.42 Å². The largest absolute Gasteiger partial charge is 0.481 e. The summed E-state index contributed by atoms with van der Waals surface area (Å²) >= 11 is 0. The van der Waals surface area contributed by atoms with Gasteiger partial charge < -0.3 is 20.4 Å². The Balaban J connectivity index is 1.74. The topological polar surface area (TPSA) is 98.0 Å². The molecule has 0 aromatic heterocycles. The minimum absolute atomic E-state index is 0.00736. The molecule has 156 valence electrons. The molecule has 2 rings (SSSR count). The van der Waals surface area contributed by atoms with Gasteiger partial charge in [-0.15, -0.1) is 0 Å². The SMILES string of the molecule is O=C(O)CCC/C=C/C[C@@H]1[C@@H](CC[C@@H](O)CCc2ccccc2)[C@H](O)C[C@@H]1O. The summed E-state index contributed by atoms with van der Waals surface area (Å²) in [6.45, 7) is 0. The monoisotopic (exact) mass is 390 g/mol. The Labute approximate surface area is 167 Å². The standard InChI is InChI=1S/C23H34O5/c24-18(13-12-17-8-4-3-5-9-17)14-15-20-19(21(25)16-22(20)26)10-6-1-2-7-11-23(27)28/h1,3-6,8-9,18-22,24-26H,2,7,10-16H2,(H,27,28)/b6-1+/t18-,19+,20+,21-,22+/m0/s1. The number of carbonyl (C=O) groups is 1. The van der Waals surface area contributed by atoms with Crippen LogP contribution in [0.1, 0.15) is 56.9 Å². The van der Waals surface area contributed by atoms with Gasteiger partial charge >= 0.3 is 5.97 Å². The smallest absolute Gasteiger partial charge is 0.303 e. The van der Waals surface area contributed by atoms with Gasteiger partial charge in [0.05, 0.1) is 18.3 Å². The first-order chi connectivity index (χ1) is 13.5. The Morgan fingerprint density at radius 2 is 1.79 bits per heavy atom. The highest BCUT2D eigenvalue weighted by Gasteiger charge is 2.40. The third kappa shape index (κ3) is 7.74. The minimum atomic E-state index is -0.784. The molecule has 0 spiro atoms. The predicted molar refractivity (Wildman–Crippen MR) is 109 cm³/mol. The van der Waals surface area contributed by atoms with Crippen molar-refractivity contribution in [2.45, 2.75) is 76.1 Å². The highest BCUT2D eigenvalue weighted by molar-refractivity contribution is 5.66. The van der Waals surface area contributed by atoms with E-state index in [0.29, 0.717) is 44.9 Å². The Hall–Kier alpha value is -1.69. The zero-order valence-electron chi connectivity index (χ0n) is 16.5. The van der Waals surface area contributed by atoms with Gasteiger partial charge in [-0.25, -0.2) is 0 Å². The third-order valence-corrected chi connectivity index (χ3v) is 5.80. The number of aliphatic hydroxyl groups excluding tert-OH is 3. The van der Waals surface area contributed by atoms with Crippen LogP contribution in [0.15, 0.2) is 42.5 Å². The van der Waals surface area contributed by atoms with Gasteiger partial charge in [-0.2, -0.15) is 0 Å². The number of unbranched alkanes of at least 4 members (excludes halogenated alkanes) is 1. The van der Waals surface area contributed by atoms with E-state index < -0.39 is 24.3 Å². The van der Waals surface area contributed by atoms with Crippen molar-refractivity contribution in [1.29, 1.82) is 0 Å². The molecule has 5 heteroatoms. The Bertz CT molecular complexity index is 600. The molecule has 5 atom stereocenters. The van der Waals surface area contributed by atoms with Gasteiger partial charge in [-0.05, 0) is 68.8 Å². The second kappa shape index (κ2) is 12.0. The summed E-state index contributed by atoms with van der Waals surface area (Å²) in [5.74, 6) is -0.800. The molecule has 0 aliphatic heterocycles. The highest BCUT2D eigenvalue weighted by atomic mass is 16.4. The van der Waals surface area contributed by atoms with Crippen LogP contribution >= 0.6 is 0 Å². The third-order valence-electron chi connectivity index (χ3n) is 5.80. The molecule has 5 nitrogen and oxygen atoms in total. The molecule has 0 radical (unpaired) electrons. The molecule has 0 amide bonds. The lowest BCUT2D eigenvalue weighted by atomic mass is 9.85. The second-order valence-electron chi connectivity index (χ2n) is 7.95. The number of carboxylic acid groups (broad SMARTS) is 1. The van der Waals surface area contributed by atoms with Crippen molar-refractivity contribution in [2.24, 2.45) is 11.8 Å². The number of hydrogen-bond donors (Lipinski definition) is 4. The van der Waals surface area contributed by atoms with Gasteiger partial charge in [0, 0.05) is 6.42 Å². The van der Waals surface area contributed by atoms with E-state index in [1.807, 2.05) is 30.4 Å². The molecule has 28 heavy (non-hydrogen) atoms. The van der Waals surface area contributed by atoms with Gasteiger partial charge in [0.25, 0.3) is 0 Å². The number of rotatable bonds is 12. The van der Waals surface area contributed by atoms with Gasteiger partial charge in [0.1, 0.15) is 0 Å². The van der Waals surface area contributed by atoms with Crippen molar-refractivity contribution < 1.29 is 25.2 Å². The van der Waals surface area contributed by atoms with Crippen molar-refractivity contribution >= 4 is 5.97 Å². The molecule has 1 fully saturated rings. The maximum Gasteiger partial charge on any atom is 0.303 e. The van der Waals surface area contributed by atoms with Crippen molar-refractivity contribution in [2.75, 3.05) is 0 Å². The summed E-state index contributed by atoms with van der Waals surface area (Å²) in [7, 11) is 0. The van der Waals surface area contributed by atoms with E-state index in [1.54, 1.807) is 0 Å². The number of aliphatic carboxylic acids is 1. The first-order valence-electron chi connectivity index (χ1n) is 10.4. The maximum absolute atomic E-state index is 10.5. The average molecular weight is 391 g/mol. The quantitative estimate of drug-likeness (QED) is 0.324. The molecule has 0 unspecified atom stereocenters. The fraction of sp³-hybridized carbons (Fsp3) is 0.609. The molecule has 0 saturated heterocycles. The first-order valence-corrected chi connectivity index (χ1v) is 10.4. The summed E-state index contributed by atoms with van der Waals surface area (Å²) in [4.78, 5) is 10.5. The molecule has 1 aliphatic carbocycles. The molecule has 1 aliphatic rings. The van der Waals surface area contributed by atoms with Crippen molar-refractivity contribution in [1.82, 2.24) is 0 Å². The number of carboxylic acids is 1. The molecule has 0 heterocycles. The minimum Gasteiger partial charge on any atom is -0.481 e. The highest BCUT2D eigenvalue weighted by Crippen LogP contribution is 2.38. The van der Waals surface area contributed by atoms with Crippen LogP contribution in [0.5, 0.6) is 0 Å². The van der Waals surface area contributed by atoms with E-state index >= 15 is 0 Å². The van der Waals surface area contributed by atoms with E-state index in [4.69, 9.17) is 5.11 Å². The lowest BCUT2D eigenvalue weighted by Gasteiger charge is -2.23. The normalized spacial score (nSPS) is 26.0. The van der Waals surface area contributed by atoms with Gasteiger partial charge in [-0.1, -0.05) is 42.5 Å². The average Bonchev–Trinajstić information content (AvgIpc) is 2.94. The predicted octanol–water partition coefficient (Wildman–Crippen LogP) is 3.32. The Morgan fingerprint density at radius 3 is 2.50 bits per heavy atom. The van der Waals surface area contributed by atoms with Gasteiger partial charge in [0.2, 0.25) is 0 Å².